The number of hydrogen-bond donors (Lipinski definition) is 2. The van der Waals surface area contributed by atoms with Crippen molar-refractivity contribution in [1.82, 2.24) is 5.32 Å². The summed E-state index contributed by atoms with van der Waals surface area (Å²) < 4.78 is 10.9. The molecular formula is C12H21NO5. The van der Waals surface area contributed by atoms with Crippen molar-refractivity contribution < 1.29 is 24.2 Å². The molecule has 0 aromatic heterocycles. The molecule has 1 fully saturated rings. The molecule has 1 saturated heterocycles. The van der Waals surface area contributed by atoms with Gasteiger partial charge in [-0.05, 0) is 20.3 Å². The van der Waals surface area contributed by atoms with Crippen LogP contribution in [0.5, 0.6) is 0 Å². The van der Waals surface area contributed by atoms with Crippen molar-refractivity contribution in [3.05, 3.63) is 0 Å². The Morgan fingerprint density at radius 3 is 2.67 bits per heavy atom. The van der Waals surface area contributed by atoms with Crippen LogP contribution in [0.15, 0.2) is 0 Å². The lowest BCUT2D eigenvalue weighted by Crippen LogP contribution is -2.34. The first kappa shape index (κ1) is 14.9. The second-order valence-corrected chi connectivity index (χ2v) is 5.03. The molecule has 0 radical (unpaired) electrons. The monoisotopic (exact) mass is 259 g/mol. The Kier molecular flexibility index (Phi) is 5.10. The van der Waals surface area contributed by atoms with Crippen LogP contribution in [0, 0.1) is 5.92 Å². The fourth-order valence-corrected chi connectivity index (χ4v) is 1.65. The van der Waals surface area contributed by atoms with Gasteiger partial charge in [0.25, 0.3) is 0 Å². The van der Waals surface area contributed by atoms with Crippen LogP contribution >= 0.6 is 0 Å². The minimum atomic E-state index is -0.878. The van der Waals surface area contributed by atoms with E-state index < -0.39 is 17.7 Å². The average Bonchev–Trinajstić information content (AvgIpc) is 2.62. The molecule has 18 heavy (non-hydrogen) atoms. The third-order valence-electron chi connectivity index (χ3n) is 2.82. The minimum absolute atomic E-state index is 0.138. The first-order chi connectivity index (χ1) is 8.30. The third-order valence-corrected chi connectivity index (χ3v) is 2.82. The van der Waals surface area contributed by atoms with Crippen molar-refractivity contribution in [3.63, 3.8) is 0 Å². The summed E-state index contributed by atoms with van der Waals surface area (Å²) in [6, 6.07) is 0. The lowest BCUT2D eigenvalue weighted by atomic mass is 10.1. The van der Waals surface area contributed by atoms with Gasteiger partial charge in [-0.15, -0.1) is 0 Å². The zero-order valence-electron chi connectivity index (χ0n) is 11.1. The van der Waals surface area contributed by atoms with Crippen LogP contribution in [0.25, 0.3) is 0 Å². The average molecular weight is 259 g/mol. The van der Waals surface area contributed by atoms with Gasteiger partial charge in [0.05, 0.1) is 12.5 Å². The Morgan fingerprint density at radius 2 is 2.17 bits per heavy atom. The standard InChI is InChI=1S/C12H21NO5/c1-8(11(15)16)4-5-10(14)13-6-9-7-17-12(2,3)18-9/h8-9H,4-7H2,1-3H3,(H,13,14)(H,15,16)/t8-,9?/m0/s1. The molecule has 6 heteroatoms. The highest BCUT2D eigenvalue weighted by Gasteiger charge is 2.32. The summed E-state index contributed by atoms with van der Waals surface area (Å²) in [5, 5.41) is 11.4. The van der Waals surface area contributed by atoms with Crippen LogP contribution < -0.4 is 5.32 Å². The minimum Gasteiger partial charge on any atom is -0.481 e. The van der Waals surface area contributed by atoms with Crippen LogP contribution in [-0.2, 0) is 19.1 Å². The van der Waals surface area contributed by atoms with E-state index in [9.17, 15) is 9.59 Å². The van der Waals surface area contributed by atoms with Crippen molar-refractivity contribution in [2.24, 2.45) is 5.92 Å². The van der Waals surface area contributed by atoms with E-state index in [-0.39, 0.29) is 18.4 Å². The highest BCUT2D eigenvalue weighted by atomic mass is 16.7. The number of hydrogen-bond acceptors (Lipinski definition) is 4. The molecule has 1 aliphatic heterocycles. The molecule has 0 aliphatic carbocycles. The molecule has 1 unspecified atom stereocenters. The summed E-state index contributed by atoms with van der Waals surface area (Å²) in [5.41, 5.74) is 0. The third kappa shape index (κ3) is 5.01. The Bertz CT molecular complexity index is 316. The molecule has 1 rings (SSSR count). The quantitative estimate of drug-likeness (QED) is 0.735. The second-order valence-electron chi connectivity index (χ2n) is 5.03. The van der Waals surface area contributed by atoms with Crippen molar-refractivity contribution in [1.29, 1.82) is 0 Å². The molecule has 0 saturated carbocycles. The highest BCUT2D eigenvalue weighted by Crippen LogP contribution is 2.21. The number of aliphatic carboxylic acids is 1. The number of carbonyl (C=O) groups is 2. The fraction of sp³-hybridized carbons (Fsp3) is 0.833. The maximum atomic E-state index is 11.5. The highest BCUT2D eigenvalue weighted by molar-refractivity contribution is 5.77. The van der Waals surface area contributed by atoms with Gasteiger partial charge in [0, 0.05) is 13.0 Å². The molecule has 1 amide bonds. The Labute approximate surface area is 107 Å². The molecule has 1 aliphatic rings. The summed E-state index contributed by atoms with van der Waals surface area (Å²) in [5.74, 6) is -2.12. The zero-order chi connectivity index (χ0) is 13.8. The number of carboxylic acid groups (broad SMARTS) is 1. The molecular weight excluding hydrogens is 238 g/mol. The van der Waals surface area contributed by atoms with Crippen LogP contribution in [-0.4, -0.2) is 42.0 Å². The number of carbonyl (C=O) groups excluding carboxylic acids is 1. The number of nitrogens with one attached hydrogen (secondary N) is 1. The number of carboxylic acids is 1. The zero-order valence-corrected chi connectivity index (χ0v) is 11.1. The van der Waals surface area contributed by atoms with Crippen LogP contribution in [0.4, 0.5) is 0 Å². The summed E-state index contributed by atoms with van der Waals surface area (Å²) >= 11 is 0. The van der Waals surface area contributed by atoms with Gasteiger partial charge in [-0.25, -0.2) is 0 Å². The molecule has 104 valence electrons. The van der Waals surface area contributed by atoms with E-state index in [1.54, 1.807) is 6.92 Å². The lowest BCUT2D eigenvalue weighted by molar-refractivity contribution is -0.142. The van der Waals surface area contributed by atoms with Crippen LogP contribution in [0.1, 0.15) is 33.6 Å². The van der Waals surface area contributed by atoms with Gasteiger partial charge < -0.3 is 19.9 Å². The Morgan fingerprint density at radius 1 is 1.50 bits per heavy atom. The van der Waals surface area contributed by atoms with E-state index in [0.29, 0.717) is 19.6 Å². The van der Waals surface area contributed by atoms with E-state index in [0.717, 1.165) is 0 Å². The Balaban J connectivity index is 2.16. The van der Waals surface area contributed by atoms with E-state index in [1.165, 1.54) is 0 Å². The summed E-state index contributed by atoms with van der Waals surface area (Å²) in [4.78, 5) is 22.1. The predicted octanol–water partition coefficient (Wildman–Crippen LogP) is 0.755. The Hall–Kier alpha value is -1.14. The van der Waals surface area contributed by atoms with E-state index in [1.807, 2.05) is 13.8 Å². The topological polar surface area (TPSA) is 84.9 Å². The summed E-state index contributed by atoms with van der Waals surface area (Å²) in [7, 11) is 0. The number of rotatable bonds is 6. The van der Waals surface area contributed by atoms with Gasteiger partial charge in [-0.1, -0.05) is 6.92 Å². The van der Waals surface area contributed by atoms with Crippen molar-refractivity contribution in [2.75, 3.05) is 13.2 Å². The maximum Gasteiger partial charge on any atom is 0.306 e. The van der Waals surface area contributed by atoms with E-state index >= 15 is 0 Å². The fourth-order valence-electron chi connectivity index (χ4n) is 1.65. The van der Waals surface area contributed by atoms with Gasteiger partial charge in [-0.2, -0.15) is 0 Å². The maximum absolute atomic E-state index is 11.5. The molecule has 1 heterocycles. The van der Waals surface area contributed by atoms with Crippen molar-refractivity contribution in [2.45, 2.75) is 45.5 Å². The largest absolute Gasteiger partial charge is 0.481 e. The lowest BCUT2D eigenvalue weighted by Gasteiger charge is -2.17. The first-order valence-electron chi connectivity index (χ1n) is 6.11. The van der Waals surface area contributed by atoms with Gasteiger partial charge in [-0.3, -0.25) is 9.59 Å². The molecule has 6 nitrogen and oxygen atoms in total. The molecule has 0 spiro atoms. The van der Waals surface area contributed by atoms with Crippen molar-refractivity contribution >= 4 is 11.9 Å². The normalized spacial score (nSPS) is 23.6. The predicted molar refractivity (Wildman–Crippen MR) is 63.9 cm³/mol. The van der Waals surface area contributed by atoms with Gasteiger partial charge >= 0.3 is 5.97 Å². The smallest absolute Gasteiger partial charge is 0.306 e. The van der Waals surface area contributed by atoms with Crippen LogP contribution in [0.3, 0.4) is 0 Å². The summed E-state index contributed by atoms with van der Waals surface area (Å²) in [6.45, 7) is 6.08. The van der Waals surface area contributed by atoms with E-state index in [2.05, 4.69) is 5.32 Å². The first-order valence-corrected chi connectivity index (χ1v) is 6.11. The van der Waals surface area contributed by atoms with E-state index in [4.69, 9.17) is 14.6 Å². The second kappa shape index (κ2) is 6.15. The van der Waals surface area contributed by atoms with Crippen molar-refractivity contribution in [3.8, 4) is 0 Å². The SMILES string of the molecule is C[C@@H](CCC(=O)NCC1COC(C)(C)O1)C(=O)O. The number of amides is 1. The molecule has 2 atom stereocenters. The molecule has 0 bridgehead atoms. The van der Waals surface area contributed by atoms with Crippen LogP contribution in [0.2, 0.25) is 0 Å². The molecule has 0 aromatic rings. The molecule has 0 aromatic carbocycles. The van der Waals surface area contributed by atoms with Gasteiger partial charge in [0.1, 0.15) is 6.10 Å². The summed E-state index contributed by atoms with van der Waals surface area (Å²) in [6.07, 6.45) is 0.417. The molecule has 2 N–H and O–H groups in total. The number of ether oxygens (including phenoxy) is 2. The van der Waals surface area contributed by atoms with Gasteiger partial charge in [0.2, 0.25) is 5.91 Å². The van der Waals surface area contributed by atoms with Gasteiger partial charge in [0.15, 0.2) is 5.79 Å².